The van der Waals surface area contributed by atoms with Gasteiger partial charge in [0.2, 0.25) is 106 Å². The van der Waals surface area contributed by atoms with E-state index in [2.05, 4.69) is 95.7 Å². The largest absolute Gasteiger partial charge is 0.508 e. The van der Waals surface area contributed by atoms with E-state index in [-0.39, 0.29) is 89.1 Å². The van der Waals surface area contributed by atoms with Gasteiger partial charge in [-0.05, 0) is 146 Å². The van der Waals surface area contributed by atoms with Crippen molar-refractivity contribution in [2.75, 3.05) is 39.3 Å². The maximum absolute atomic E-state index is 14.8. The molecule has 0 saturated carbocycles. The van der Waals surface area contributed by atoms with Gasteiger partial charge in [0, 0.05) is 38.8 Å². The maximum atomic E-state index is 14.8. The summed E-state index contributed by atoms with van der Waals surface area (Å²) in [5, 5.41) is 121. The van der Waals surface area contributed by atoms with E-state index in [1.54, 1.807) is 58.0 Å². The van der Waals surface area contributed by atoms with Gasteiger partial charge in [-0.25, -0.2) is 0 Å². The van der Waals surface area contributed by atoms with Gasteiger partial charge in [0.1, 0.15) is 96.4 Å². The van der Waals surface area contributed by atoms with Gasteiger partial charge >= 0.3 is 23.9 Å². The summed E-state index contributed by atoms with van der Waals surface area (Å²) < 4.78 is 0. The van der Waals surface area contributed by atoms with Gasteiger partial charge in [0.25, 0.3) is 0 Å². The number of nitrogens with one attached hydrogen (secondary N) is 21. The van der Waals surface area contributed by atoms with Gasteiger partial charge in [-0.2, -0.15) is 0 Å². The first kappa shape index (κ1) is 119. The molecule has 0 spiro atoms. The molecule has 776 valence electrons. The molecular formula is C86H134N26O28. The van der Waals surface area contributed by atoms with E-state index in [1.807, 2.05) is 5.32 Å². The van der Waals surface area contributed by atoms with Crippen molar-refractivity contribution in [3.63, 3.8) is 0 Å². The second-order valence-electron chi connectivity index (χ2n) is 34.1. The van der Waals surface area contributed by atoms with Crippen LogP contribution in [0.15, 0.2) is 54.6 Å². The summed E-state index contributed by atoms with van der Waals surface area (Å²) in [5.41, 5.74) is 28.7. The molecule has 1 aliphatic rings. The quantitative estimate of drug-likeness (QED) is 0.0166. The van der Waals surface area contributed by atoms with Crippen LogP contribution < -0.4 is 130 Å². The van der Waals surface area contributed by atoms with Crippen LogP contribution in [0.4, 0.5) is 0 Å². The van der Waals surface area contributed by atoms with Crippen LogP contribution in [0.3, 0.4) is 0 Å². The first-order valence-corrected chi connectivity index (χ1v) is 45.2. The number of aromatic hydroxyl groups is 1. The fourth-order valence-electron chi connectivity index (χ4n) is 13.9. The lowest BCUT2D eigenvalue weighted by atomic mass is 10.00. The summed E-state index contributed by atoms with van der Waals surface area (Å²) in [4.78, 5) is 298. The van der Waals surface area contributed by atoms with Crippen molar-refractivity contribution in [3.05, 3.63) is 65.7 Å². The van der Waals surface area contributed by atoms with Crippen LogP contribution in [0.1, 0.15) is 168 Å². The Labute approximate surface area is 804 Å². The average Bonchev–Trinajstić information content (AvgIpc) is 1.03. The Morgan fingerprint density at radius 1 is 0.379 bits per heavy atom. The molecule has 1 aliphatic heterocycles. The number of hydrogen-bond donors (Lipinski definition) is 32. The van der Waals surface area contributed by atoms with Crippen LogP contribution in [-0.4, -0.2) is 309 Å². The average molecular weight is 1980 g/mol. The molecule has 16 unspecified atom stereocenters. The molecule has 16 atom stereocenters. The monoisotopic (exact) mass is 1980 g/mol. The van der Waals surface area contributed by atoms with Gasteiger partial charge in [-0.3, -0.25) is 116 Å². The molecule has 1 fully saturated rings. The second kappa shape index (κ2) is 62.0. The number of hydrogen-bond acceptors (Lipinski definition) is 28. The Bertz CT molecular complexity index is 4640. The summed E-state index contributed by atoms with van der Waals surface area (Å²) in [7, 11) is 0. The van der Waals surface area contributed by atoms with Crippen molar-refractivity contribution in [1.82, 2.24) is 101 Å². The van der Waals surface area contributed by atoms with Crippen molar-refractivity contribution in [3.8, 4) is 5.75 Å². The van der Waals surface area contributed by atoms with Gasteiger partial charge in [-0.15, -0.1) is 0 Å². The van der Waals surface area contributed by atoms with E-state index in [0.29, 0.717) is 30.5 Å². The standard InChI is InChI=1S/C86H134N26O28/c1-42(2)33-55(69(89)125)100-64(116)40-97-72(128)57(35-46-15-8-7-9-16-46)106-71(127)45(6)98-79(135)58(36-47-21-23-48(114)24-22-47)108-81(137)56(34-43(3)4)107-75(131)52(20-14-32-96-86(92)93)104-83(139)61(39-68(123)124)111-76(132)51(19-13-31-95-85(90)91)102-74(130)50(17-10-11-29-87)103-82(138)59(37-63(88)115)109-84(140)62(41-113)112-78(134)54(26-28-66(119)120)105-77(133)53(25-27-65(117)118)101-70(126)44(5)99-80(136)60(38-67(121)122)110-73(129)49-18-12-30-94-49/h7-9,15-16,21-24,42-45,49-62,94,113-114H,10-14,17-20,25-41,87H2,1-6H3,(H2,88,115)(H2,89,125)(H,97,128)(H,98,135)(H,99,136)(H,100,116)(H,101,126)(H,102,130)(H,103,138)(H,104,139)(H,105,133)(H,106,127)(H,107,131)(H,108,137)(H,109,140)(H,110,129)(H,111,132)(H,112,134)(H,117,118)(H,119,120)(H,121,122)(H,123,124)(H4,90,91,95)(H4,92,93,96). The highest BCUT2D eigenvalue weighted by Crippen LogP contribution is 2.17. The number of phenols is 1. The summed E-state index contributed by atoms with van der Waals surface area (Å²) in [6.07, 6.45) is -7.49. The number of amides is 18. The minimum Gasteiger partial charge on any atom is -0.508 e. The van der Waals surface area contributed by atoms with E-state index in [0.717, 1.165) is 6.92 Å². The smallest absolute Gasteiger partial charge is 0.305 e. The van der Waals surface area contributed by atoms with E-state index < -0.39 is 316 Å². The number of rotatable bonds is 66. The molecule has 0 aliphatic carbocycles. The summed E-state index contributed by atoms with van der Waals surface area (Å²) in [6.45, 7) is 7.35. The summed E-state index contributed by atoms with van der Waals surface area (Å²) in [5.74, 6) is -28.6. The number of primary amides is 2. The third-order valence-corrected chi connectivity index (χ3v) is 21.2. The molecule has 2 aromatic carbocycles. The number of carbonyl (C=O) groups is 22. The highest BCUT2D eigenvalue weighted by Gasteiger charge is 2.40. The van der Waals surface area contributed by atoms with Gasteiger partial charge in [-0.1, -0.05) is 70.2 Å². The molecular weight excluding hydrogens is 1850 g/mol. The number of carbonyl (C=O) groups excluding carboxylic acids is 18. The van der Waals surface area contributed by atoms with Crippen molar-refractivity contribution in [2.24, 2.45) is 40.5 Å². The van der Waals surface area contributed by atoms with Crippen LogP contribution in [-0.2, 0) is 118 Å². The fourth-order valence-corrected chi connectivity index (χ4v) is 13.9. The molecule has 1 heterocycles. The number of aliphatic hydroxyl groups is 1. The molecule has 2 aromatic rings. The Kier molecular flexibility index (Phi) is 52.7. The van der Waals surface area contributed by atoms with Crippen LogP contribution in [0, 0.1) is 22.7 Å². The Morgan fingerprint density at radius 2 is 0.736 bits per heavy atom. The zero-order chi connectivity index (χ0) is 105. The molecule has 0 aromatic heterocycles. The first-order chi connectivity index (χ1) is 65.9. The SMILES string of the molecule is CC(C)CC(NC(=O)CNC(=O)C(Cc1ccccc1)NC(=O)C(C)NC(=O)C(Cc1ccc(O)cc1)NC(=O)C(CC(C)C)NC(=O)C(CCCNC(=N)N)NC(=O)C(CC(=O)O)NC(=O)C(CCCNC(=N)N)NC(=O)C(CCCCN)NC(=O)C(CC(N)=O)NC(=O)C(CO)NC(=O)C(CCC(=O)O)NC(=O)C(CCC(=O)O)NC(=O)C(C)NC(=O)C(CC(=O)O)NC(=O)C1CCCN1)C(N)=O. The lowest BCUT2D eigenvalue weighted by Crippen LogP contribution is -2.61. The molecule has 0 radical (unpaired) electrons. The molecule has 54 heteroatoms. The molecule has 140 heavy (non-hydrogen) atoms. The van der Waals surface area contributed by atoms with Gasteiger partial charge in [0.05, 0.1) is 38.5 Å². The number of nitrogens with two attached hydrogens (primary N) is 5. The topological polar surface area (TPSA) is 903 Å². The predicted molar refractivity (Wildman–Crippen MR) is 495 cm³/mol. The minimum absolute atomic E-state index is 0.00132. The van der Waals surface area contributed by atoms with Crippen LogP contribution >= 0.6 is 0 Å². The highest BCUT2D eigenvalue weighted by atomic mass is 16.4. The van der Waals surface area contributed by atoms with Gasteiger partial charge in [0.15, 0.2) is 11.9 Å². The zero-order valence-electron chi connectivity index (χ0n) is 78.5. The number of carboxylic acid groups (broad SMARTS) is 4. The van der Waals surface area contributed by atoms with Crippen molar-refractivity contribution >= 4 is 142 Å². The molecule has 1 saturated heterocycles. The molecule has 3 rings (SSSR count). The molecule has 0 bridgehead atoms. The van der Waals surface area contributed by atoms with Crippen LogP contribution in [0.5, 0.6) is 5.75 Å². The van der Waals surface area contributed by atoms with Crippen LogP contribution in [0.2, 0.25) is 0 Å². The first-order valence-electron chi connectivity index (χ1n) is 45.2. The summed E-state index contributed by atoms with van der Waals surface area (Å²) >= 11 is 0. The van der Waals surface area contributed by atoms with Crippen molar-refractivity contribution < 1.29 is 136 Å². The van der Waals surface area contributed by atoms with E-state index in [4.69, 9.17) is 39.5 Å². The van der Waals surface area contributed by atoms with E-state index in [9.17, 15) is 136 Å². The number of guanidine groups is 2. The number of benzene rings is 2. The minimum atomic E-state index is -2.19. The Morgan fingerprint density at radius 3 is 1.15 bits per heavy atom. The lowest BCUT2D eigenvalue weighted by Gasteiger charge is -2.28. The third-order valence-electron chi connectivity index (χ3n) is 21.2. The summed E-state index contributed by atoms with van der Waals surface area (Å²) in [6, 6.07) is -13.4. The molecule has 37 N–H and O–H groups in total. The molecule has 18 amide bonds. The Hall–Kier alpha value is -15.0. The van der Waals surface area contributed by atoms with Crippen molar-refractivity contribution in [1.29, 1.82) is 10.8 Å². The van der Waals surface area contributed by atoms with Gasteiger partial charge < -0.3 is 160 Å². The lowest BCUT2D eigenvalue weighted by molar-refractivity contribution is -0.142. The number of carboxylic acids is 4. The zero-order valence-corrected chi connectivity index (χ0v) is 78.5. The maximum Gasteiger partial charge on any atom is 0.305 e. The Balaban J connectivity index is 1.99. The van der Waals surface area contributed by atoms with Crippen LogP contribution in [0.25, 0.3) is 0 Å². The van der Waals surface area contributed by atoms with E-state index >= 15 is 0 Å². The molecule has 54 nitrogen and oxygen atoms in total. The van der Waals surface area contributed by atoms with Crippen molar-refractivity contribution in [2.45, 2.75) is 267 Å². The second-order valence-corrected chi connectivity index (χ2v) is 34.1. The van der Waals surface area contributed by atoms with E-state index in [1.165, 1.54) is 31.2 Å². The normalized spacial score (nSPS) is 15.3. The highest BCUT2D eigenvalue weighted by molar-refractivity contribution is 6.03. The number of phenolic OH excluding ortho intramolecular Hbond substituents is 1. The third kappa shape index (κ3) is 46.7. The number of aliphatic carboxylic acids is 4. The fraction of sp³-hybridized carbons (Fsp3) is 0.581. The predicted octanol–water partition coefficient (Wildman–Crippen LogP) is -9.86. The number of aliphatic hydroxyl groups excluding tert-OH is 1. The number of unbranched alkanes of at least 4 members (excludes halogenated alkanes) is 1.